The molecule has 0 unspecified atom stereocenters. The smallest absolute Gasteiger partial charge is 0.257 e. The zero-order chi connectivity index (χ0) is 17.4. The van der Waals surface area contributed by atoms with Crippen LogP contribution in [0.4, 0.5) is 11.5 Å². The fourth-order valence-corrected chi connectivity index (χ4v) is 2.01. The van der Waals surface area contributed by atoms with Gasteiger partial charge < -0.3 is 24.8 Å². The van der Waals surface area contributed by atoms with Crippen LogP contribution in [-0.2, 0) is 4.74 Å². The second-order valence-corrected chi connectivity index (χ2v) is 4.87. The maximum absolute atomic E-state index is 12.3. The van der Waals surface area contributed by atoms with Gasteiger partial charge in [0.1, 0.15) is 17.3 Å². The van der Waals surface area contributed by atoms with Gasteiger partial charge in [-0.05, 0) is 24.3 Å². The summed E-state index contributed by atoms with van der Waals surface area (Å²) in [5, 5.41) is 5.89. The third-order valence-electron chi connectivity index (χ3n) is 3.29. The summed E-state index contributed by atoms with van der Waals surface area (Å²) >= 11 is 0. The molecule has 0 radical (unpaired) electrons. The van der Waals surface area contributed by atoms with E-state index in [0.717, 1.165) is 0 Å². The maximum atomic E-state index is 12.3. The van der Waals surface area contributed by atoms with E-state index < -0.39 is 0 Å². The van der Waals surface area contributed by atoms with Crippen LogP contribution in [0.1, 0.15) is 10.4 Å². The Morgan fingerprint density at radius 3 is 2.58 bits per heavy atom. The summed E-state index contributed by atoms with van der Waals surface area (Å²) in [6.45, 7) is 1.24. The molecule has 0 saturated carbocycles. The first-order valence-electron chi connectivity index (χ1n) is 7.40. The lowest BCUT2D eigenvalue weighted by molar-refractivity contribution is 0.102. The summed E-state index contributed by atoms with van der Waals surface area (Å²) in [5.74, 6) is 1.59. The summed E-state index contributed by atoms with van der Waals surface area (Å²) in [4.78, 5) is 16.5. The van der Waals surface area contributed by atoms with Gasteiger partial charge in [-0.3, -0.25) is 4.79 Å². The van der Waals surface area contributed by atoms with Gasteiger partial charge in [-0.2, -0.15) is 0 Å². The van der Waals surface area contributed by atoms with E-state index >= 15 is 0 Å². The lowest BCUT2D eigenvalue weighted by Crippen LogP contribution is -2.14. The SMILES string of the molecule is COCCNc1ccc(C(=O)Nc2ccc(OC)cc2OC)cn1. The standard InChI is InChI=1S/C17H21N3O4/c1-22-9-8-18-16-7-4-12(11-19-16)17(21)20-14-6-5-13(23-2)10-15(14)24-3/h4-7,10-11H,8-9H2,1-3H3,(H,18,19)(H,20,21). The Balaban J connectivity index is 2.04. The largest absolute Gasteiger partial charge is 0.497 e. The highest BCUT2D eigenvalue weighted by molar-refractivity contribution is 6.05. The topological polar surface area (TPSA) is 81.7 Å². The zero-order valence-corrected chi connectivity index (χ0v) is 14.0. The zero-order valence-electron chi connectivity index (χ0n) is 14.0. The number of anilines is 2. The second-order valence-electron chi connectivity index (χ2n) is 4.87. The van der Waals surface area contributed by atoms with E-state index in [1.54, 1.807) is 44.6 Å². The number of nitrogens with one attached hydrogen (secondary N) is 2. The molecule has 0 fully saturated rings. The van der Waals surface area contributed by atoms with Gasteiger partial charge >= 0.3 is 0 Å². The third kappa shape index (κ3) is 4.60. The van der Waals surface area contributed by atoms with Gasteiger partial charge in [-0.25, -0.2) is 4.98 Å². The monoisotopic (exact) mass is 331 g/mol. The first-order valence-corrected chi connectivity index (χ1v) is 7.40. The van der Waals surface area contributed by atoms with Crippen LogP contribution < -0.4 is 20.1 Å². The fourth-order valence-electron chi connectivity index (χ4n) is 2.01. The van der Waals surface area contributed by atoms with Gasteiger partial charge in [-0.1, -0.05) is 0 Å². The van der Waals surface area contributed by atoms with Crippen LogP contribution in [0.3, 0.4) is 0 Å². The molecule has 0 saturated heterocycles. The highest BCUT2D eigenvalue weighted by Gasteiger charge is 2.11. The van der Waals surface area contributed by atoms with E-state index in [-0.39, 0.29) is 5.91 Å². The number of methoxy groups -OCH3 is 3. The van der Waals surface area contributed by atoms with E-state index in [1.165, 1.54) is 13.3 Å². The first-order chi connectivity index (χ1) is 11.7. The van der Waals surface area contributed by atoms with Gasteiger partial charge in [0.05, 0.1) is 32.1 Å². The highest BCUT2D eigenvalue weighted by atomic mass is 16.5. The van der Waals surface area contributed by atoms with Crippen molar-refractivity contribution in [3.05, 3.63) is 42.1 Å². The molecule has 0 spiro atoms. The van der Waals surface area contributed by atoms with Crippen molar-refractivity contribution in [2.45, 2.75) is 0 Å². The number of pyridine rings is 1. The molecule has 1 heterocycles. The molecule has 1 aromatic heterocycles. The van der Waals surface area contributed by atoms with Gasteiger partial charge in [-0.15, -0.1) is 0 Å². The fraction of sp³-hybridized carbons (Fsp3) is 0.294. The van der Waals surface area contributed by atoms with Crippen molar-refractivity contribution in [3.63, 3.8) is 0 Å². The molecule has 0 aliphatic carbocycles. The Morgan fingerprint density at radius 1 is 1.12 bits per heavy atom. The summed E-state index contributed by atoms with van der Waals surface area (Å²) < 4.78 is 15.4. The van der Waals surface area contributed by atoms with Crippen molar-refractivity contribution in [2.24, 2.45) is 0 Å². The van der Waals surface area contributed by atoms with Gasteiger partial charge in [0.25, 0.3) is 5.91 Å². The van der Waals surface area contributed by atoms with E-state index in [9.17, 15) is 4.79 Å². The quantitative estimate of drug-likeness (QED) is 0.723. The minimum absolute atomic E-state index is 0.269. The number of amides is 1. The second kappa shape index (κ2) is 8.73. The Hall–Kier alpha value is -2.80. The molecule has 24 heavy (non-hydrogen) atoms. The predicted octanol–water partition coefficient (Wildman–Crippen LogP) is 2.41. The van der Waals surface area contributed by atoms with Crippen molar-refractivity contribution in [3.8, 4) is 11.5 Å². The number of benzene rings is 1. The third-order valence-corrected chi connectivity index (χ3v) is 3.29. The molecule has 0 aliphatic heterocycles. The number of hydrogen-bond acceptors (Lipinski definition) is 6. The van der Waals surface area contributed by atoms with Crippen molar-refractivity contribution >= 4 is 17.4 Å². The Morgan fingerprint density at radius 2 is 1.96 bits per heavy atom. The Labute approximate surface area is 140 Å². The summed E-state index contributed by atoms with van der Waals surface area (Å²) in [5.41, 5.74) is 1.01. The average Bonchev–Trinajstić information content (AvgIpc) is 2.62. The van der Waals surface area contributed by atoms with Crippen LogP contribution in [0.2, 0.25) is 0 Å². The van der Waals surface area contributed by atoms with Crippen LogP contribution in [0.5, 0.6) is 11.5 Å². The van der Waals surface area contributed by atoms with E-state index in [1.807, 2.05) is 0 Å². The molecule has 7 nitrogen and oxygen atoms in total. The molecule has 2 N–H and O–H groups in total. The molecule has 1 amide bonds. The number of ether oxygens (including phenoxy) is 3. The predicted molar refractivity (Wildman–Crippen MR) is 92.1 cm³/mol. The minimum Gasteiger partial charge on any atom is -0.497 e. The van der Waals surface area contributed by atoms with Crippen LogP contribution in [0.15, 0.2) is 36.5 Å². The summed E-state index contributed by atoms with van der Waals surface area (Å²) in [7, 11) is 4.74. The number of carbonyl (C=O) groups is 1. The van der Waals surface area contributed by atoms with Crippen molar-refractivity contribution in [1.82, 2.24) is 4.98 Å². The van der Waals surface area contributed by atoms with Gasteiger partial charge in [0.15, 0.2) is 0 Å². The molecule has 0 aliphatic rings. The van der Waals surface area contributed by atoms with Crippen molar-refractivity contribution in [1.29, 1.82) is 0 Å². The van der Waals surface area contributed by atoms with E-state index in [2.05, 4.69) is 15.6 Å². The van der Waals surface area contributed by atoms with E-state index in [0.29, 0.717) is 41.7 Å². The van der Waals surface area contributed by atoms with Crippen LogP contribution in [0, 0.1) is 0 Å². The summed E-state index contributed by atoms with van der Waals surface area (Å²) in [6.07, 6.45) is 1.51. The molecule has 0 atom stereocenters. The molecular formula is C17H21N3O4. The number of rotatable bonds is 8. The number of hydrogen-bond donors (Lipinski definition) is 2. The number of nitrogens with zero attached hydrogens (tertiary/aromatic N) is 1. The normalized spacial score (nSPS) is 10.1. The maximum Gasteiger partial charge on any atom is 0.257 e. The highest BCUT2D eigenvalue weighted by Crippen LogP contribution is 2.29. The van der Waals surface area contributed by atoms with Gasteiger partial charge in [0.2, 0.25) is 0 Å². The van der Waals surface area contributed by atoms with Crippen LogP contribution >= 0.6 is 0 Å². The molecular weight excluding hydrogens is 310 g/mol. The molecule has 7 heteroatoms. The Bertz CT molecular complexity index is 674. The number of carbonyl (C=O) groups excluding carboxylic acids is 1. The molecule has 2 aromatic rings. The summed E-state index contributed by atoms with van der Waals surface area (Å²) in [6, 6.07) is 8.63. The van der Waals surface area contributed by atoms with E-state index in [4.69, 9.17) is 14.2 Å². The first kappa shape index (κ1) is 17.6. The molecule has 2 rings (SSSR count). The molecule has 1 aromatic carbocycles. The van der Waals surface area contributed by atoms with Gasteiger partial charge in [0, 0.05) is 25.9 Å². The minimum atomic E-state index is -0.269. The van der Waals surface area contributed by atoms with Crippen molar-refractivity contribution < 1.29 is 19.0 Å². The lowest BCUT2D eigenvalue weighted by Gasteiger charge is -2.12. The molecule has 0 bridgehead atoms. The molecule has 128 valence electrons. The number of aromatic nitrogens is 1. The average molecular weight is 331 g/mol. The Kier molecular flexibility index (Phi) is 6.39. The lowest BCUT2D eigenvalue weighted by atomic mass is 10.2. The van der Waals surface area contributed by atoms with Crippen molar-refractivity contribution in [2.75, 3.05) is 45.1 Å². The van der Waals surface area contributed by atoms with Crippen LogP contribution in [0.25, 0.3) is 0 Å². The van der Waals surface area contributed by atoms with Crippen LogP contribution in [-0.4, -0.2) is 45.4 Å².